The van der Waals surface area contributed by atoms with Gasteiger partial charge >= 0.3 is 0 Å². The summed E-state index contributed by atoms with van der Waals surface area (Å²) in [7, 11) is 0. The minimum absolute atomic E-state index is 0.442. The largest absolute Gasteiger partial charge is 0.298 e. The molecule has 2 rings (SSSR count). The predicted molar refractivity (Wildman–Crippen MR) is 48.4 cm³/mol. The van der Waals surface area contributed by atoms with Crippen LogP contribution in [-0.4, -0.2) is 26.5 Å². The lowest BCUT2D eigenvalue weighted by molar-refractivity contribution is 0.112. The molecule has 0 fully saturated rings. The fourth-order valence-electron chi connectivity index (χ4n) is 0.952. The molecule has 2 aromatic heterocycles. The quantitative estimate of drug-likeness (QED) is 0.647. The molecule has 68 valence electrons. The Morgan fingerprint density at radius 2 is 2.00 bits per heavy atom. The van der Waals surface area contributed by atoms with E-state index in [0.717, 1.165) is 0 Å². The van der Waals surface area contributed by atoms with Crippen molar-refractivity contribution in [3.63, 3.8) is 0 Å². The summed E-state index contributed by atoms with van der Waals surface area (Å²) in [5.41, 5.74) is 1.03. The van der Waals surface area contributed by atoms with Gasteiger partial charge in [-0.15, -0.1) is 5.10 Å². The maximum absolute atomic E-state index is 10.3. The van der Waals surface area contributed by atoms with Gasteiger partial charge in [-0.3, -0.25) is 4.79 Å². The van der Waals surface area contributed by atoms with E-state index in [2.05, 4.69) is 20.2 Å². The molecule has 0 saturated heterocycles. The number of carbonyl (C=O) groups is 1. The number of rotatable bonds is 2. The van der Waals surface area contributed by atoms with E-state index < -0.39 is 0 Å². The van der Waals surface area contributed by atoms with Gasteiger partial charge in [-0.2, -0.15) is 5.10 Å². The van der Waals surface area contributed by atoms with Gasteiger partial charge in [0.1, 0.15) is 5.69 Å². The van der Waals surface area contributed by atoms with Crippen LogP contribution in [0.1, 0.15) is 10.4 Å². The molecule has 0 unspecified atom stereocenters. The van der Waals surface area contributed by atoms with Gasteiger partial charge in [0.15, 0.2) is 12.1 Å². The van der Waals surface area contributed by atoms with Gasteiger partial charge in [0, 0.05) is 18.6 Å². The van der Waals surface area contributed by atoms with Crippen LogP contribution in [0.25, 0.3) is 11.5 Å². The van der Waals surface area contributed by atoms with E-state index in [1.165, 1.54) is 12.4 Å². The third-order valence-corrected chi connectivity index (χ3v) is 1.61. The van der Waals surface area contributed by atoms with Gasteiger partial charge < -0.3 is 0 Å². The Kier molecular flexibility index (Phi) is 2.22. The van der Waals surface area contributed by atoms with Gasteiger partial charge in [0.25, 0.3) is 0 Å². The molecule has 5 nitrogen and oxygen atoms in total. The monoisotopic (exact) mass is 186 g/mol. The van der Waals surface area contributed by atoms with Crippen LogP contribution >= 0.6 is 0 Å². The average Bonchev–Trinajstić information content (AvgIpc) is 2.30. The van der Waals surface area contributed by atoms with E-state index in [0.29, 0.717) is 23.4 Å². The summed E-state index contributed by atoms with van der Waals surface area (Å²) in [4.78, 5) is 18.3. The number of carbonyl (C=O) groups excluding carboxylic acids is 1. The number of aromatic nitrogens is 4. The maximum atomic E-state index is 10.3. The topological polar surface area (TPSA) is 68.6 Å². The smallest absolute Gasteiger partial charge is 0.180 e. The van der Waals surface area contributed by atoms with Crippen molar-refractivity contribution in [2.75, 3.05) is 0 Å². The number of aldehydes is 1. The van der Waals surface area contributed by atoms with Gasteiger partial charge in [-0.1, -0.05) is 0 Å². The second-order valence-corrected chi connectivity index (χ2v) is 2.57. The highest BCUT2D eigenvalue weighted by Gasteiger charge is 2.01. The van der Waals surface area contributed by atoms with Crippen molar-refractivity contribution in [3.8, 4) is 11.5 Å². The highest BCUT2D eigenvalue weighted by atomic mass is 16.1. The molecule has 0 saturated carbocycles. The van der Waals surface area contributed by atoms with Crippen LogP contribution in [0.5, 0.6) is 0 Å². The first-order chi connectivity index (χ1) is 6.90. The Balaban J connectivity index is 2.39. The predicted octanol–water partition coefficient (Wildman–Crippen LogP) is 0.746. The Hall–Kier alpha value is -2.17. The lowest BCUT2D eigenvalue weighted by atomic mass is 10.3. The Bertz CT molecular complexity index is 426. The van der Waals surface area contributed by atoms with Crippen molar-refractivity contribution in [2.24, 2.45) is 0 Å². The molecule has 0 aromatic carbocycles. The number of hydrogen-bond acceptors (Lipinski definition) is 5. The van der Waals surface area contributed by atoms with E-state index in [1.54, 1.807) is 18.3 Å². The molecule has 0 atom stereocenters. The third-order valence-electron chi connectivity index (χ3n) is 1.61. The van der Waals surface area contributed by atoms with Gasteiger partial charge in [0.2, 0.25) is 0 Å². The number of nitrogens with zero attached hydrogens (tertiary/aromatic N) is 4. The minimum Gasteiger partial charge on any atom is -0.298 e. The molecule has 0 aliphatic rings. The lowest BCUT2D eigenvalue weighted by Gasteiger charge is -1.96. The average molecular weight is 186 g/mol. The SMILES string of the molecule is O=Cc1cnc(-c2cccnn2)nc1. The summed E-state index contributed by atoms with van der Waals surface area (Å²) < 4.78 is 0. The molecule has 14 heavy (non-hydrogen) atoms. The first kappa shape index (κ1) is 8.43. The fraction of sp³-hybridized carbons (Fsp3) is 0. The minimum atomic E-state index is 0.442. The van der Waals surface area contributed by atoms with Crippen LogP contribution in [0.2, 0.25) is 0 Å². The molecule has 0 N–H and O–H groups in total. The van der Waals surface area contributed by atoms with E-state index >= 15 is 0 Å². The first-order valence-electron chi connectivity index (χ1n) is 3.95. The van der Waals surface area contributed by atoms with Crippen LogP contribution < -0.4 is 0 Å². The second kappa shape index (κ2) is 3.69. The van der Waals surface area contributed by atoms with Crippen LogP contribution in [-0.2, 0) is 0 Å². The van der Waals surface area contributed by atoms with E-state index in [4.69, 9.17) is 0 Å². The van der Waals surface area contributed by atoms with Crippen molar-refractivity contribution in [3.05, 3.63) is 36.3 Å². The van der Waals surface area contributed by atoms with Crippen LogP contribution in [0.15, 0.2) is 30.7 Å². The molecule has 0 radical (unpaired) electrons. The highest BCUT2D eigenvalue weighted by molar-refractivity contribution is 5.73. The lowest BCUT2D eigenvalue weighted by Crippen LogP contribution is -1.93. The van der Waals surface area contributed by atoms with Crippen LogP contribution in [0.4, 0.5) is 0 Å². The summed E-state index contributed by atoms with van der Waals surface area (Å²) in [6, 6.07) is 3.50. The molecule has 0 bridgehead atoms. The van der Waals surface area contributed by atoms with E-state index in [1.807, 2.05) is 0 Å². The molecule has 2 aromatic rings. The summed E-state index contributed by atoms with van der Waals surface area (Å²) >= 11 is 0. The summed E-state index contributed by atoms with van der Waals surface area (Å²) in [5.74, 6) is 0.462. The van der Waals surface area contributed by atoms with E-state index in [9.17, 15) is 4.79 Å². The van der Waals surface area contributed by atoms with Crippen LogP contribution in [0, 0.1) is 0 Å². The molecule has 0 aliphatic heterocycles. The summed E-state index contributed by atoms with van der Waals surface area (Å²) in [5, 5.41) is 7.55. The molecule has 0 spiro atoms. The zero-order valence-electron chi connectivity index (χ0n) is 7.16. The maximum Gasteiger partial charge on any atom is 0.180 e. The standard InChI is InChI=1S/C9H6N4O/c14-6-7-4-10-9(11-5-7)8-2-1-3-12-13-8/h1-6H. The fourth-order valence-corrected chi connectivity index (χ4v) is 0.952. The summed E-state index contributed by atoms with van der Waals surface area (Å²) in [6.45, 7) is 0. The second-order valence-electron chi connectivity index (χ2n) is 2.57. The van der Waals surface area contributed by atoms with Crippen molar-refractivity contribution in [1.29, 1.82) is 0 Å². The van der Waals surface area contributed by atoms with Gasteiger partial charge in [-0.05, 0) is 12.1 Å². The Morgan fingerprint density at radius 1 is 1.21 bits per heavy atom. The van der Waals surface area contributed by atoms with Crippen molar-refractivity contribution >= 4 is 6.29 Å². The third kappa shape index (κ3) is 1.61. The van der Waals surface area contributed by atoms with Gasteiger partial charge in [0.05, 0.1) is 5.56 Å². The Labute approximate surface area is 79.9 Å². The molecular formula is C9H6N4O. The normalized spacial score (nSPS) is 9.71. The molecule has 0 amide bonds. The van der Waals surface area contributed by atoms with Crippen molar-refractivity contribution in [1.82, 2.24) is 20.2 Å². The van der Waals surface area contributed by atoms with Crippen LogP contribution in [0.3, 0.4) is 0 Å². The molecular weight excluding hydrogens is 180 g/mol. The molecule has 2 heterocycles. The zero-order valence-corrected chi connectivity index (χ0v) is 7.16. The van der Waals surface area contributed by atoms with Crippen molar-refractivity contribution < 1.29 is 4.79 Å². The van der Waals surface area contributed by atoms with Crippen molar-refractivity contribution in [2.45, 2.75) is 0 Å². The summed E-state index contributed by atoms with van der Waals surface area (Å²) in [6.07, 6.45) is 5.16. The highest BCUT2D eigenvalue weighted by Crippen LogP contribution is 2.07. The Morgan fingerprint density at radius 3 is 2.57 bits per heavy atom. The molecule has 0 aliphatic carbocycles. The first-order valence-corrected chi connectivity index (χ1v) is 3.95. The number of hydrogen-bond donors (Lipinski definition) is 0. The molecule has 5 heteroatoms. The van der Waals surface area contributed by atoms with Gasteiger partial charge in [-0.25, -0.2) is 9.97 Å². The zero-order chi connectivity index (χ0) is 9.80. The van der Waals surface area contributed by atoms with E-state index in [-0.39, 0.29) is 0 Å².